The van der Waals surface area contributed by atoms with Crippen molar-refractivity contribution >= 4 is 11.4 Å². The molecular weight excluding hydrogens is 280 g/mol. The van der Waals surface area contributed by atoms with Gasteiger partial charge in [0.1, 0.15) is 5.69 Å². The topological polar surface area (TPSA) is 61.7 Å². The molecule has 2 heterocycles. The number of piperidine rings is 1. The SMILES string of the molecule is O=[N+]([O-])c1ccccc1N1CCN(CC2CCCNC2)CC1. The van der Waals surface area contributed by atoms with Crippen LogP contribution in [0.25, 0.3) is 0 Å². The van der Waals surface area contributed by atoms with Crippen LogP contribution in [-0.4, -0.2) is 55.6 Å². The molecule has 0 radical (unpaired) electrons. The Hall–Kier alpha value is -1.66. The lowest BCUT2D eigenvalue weighted by Crippen LogP contribution is -2.49. The van der Waals surface area contributed by atoms with Gasteiger partial charge in [0, 0.05) is 38.8 Å². The van der Waals surface area contributed by atoms with Crippen molar-refractivity contribution in [3.8, 4) is 0 Å². The third kappa shape index (κ3) is 3.56. The molecule has 0 bridgehead atoms. The number of nitrogens with zero attached hydrogens (tertiary/aromatic N) is 3. The van der Waals surface area contributed by atoms with E-state index in [2.05, 4.69) is 15.1 Å². The van der Waals surface area contributed by atoms with Crippen LogP contribution >= 0.6 is 0 Å². The minimum atomic E-state index is -0.282. The molecule has 1 aromatic carbocycles. The third-order valence-corrected chi connectivity index (χ3v) is 4.71. The van der Waals surface area contributed by atoms with E-state index < -0.39 is 0 Å². The van der Waals surface area contributed by atoms with Crippen LogP contribution in [0.5, 0.6) is 0 Å². The highest BCUT2D eigenvalue weighted by molar-refractivity contribution is 5.63. The number of nitro benzene ring substituents is 1. The van der Waals surface area contributed by atoms with Gasteiger partial charge in [-0.25, -0.2) is 0 Å². The molecule has 6 nitrogen and oxygen atoms in total. The van der Waals surface area contributed by atoms with Crippen molar-refractivity contribution in [2.45, 2.75) is 12.8 Å². The van der Waals surface area contributed by atoms with Crippen molar-refractivity contribution in [3.63, 3.8) is 0 Å². The Balaban J connectivity index is 1.56. The van der Waals surface area contributed by atoms with Gasteiger partial charge in [0.05, 0.1) is 4.92 Å². The molecule has 2 aliphatic rings. The molecule has 2 aliphatic heterocycles. The van der Waals surface area contributed by atoms with Crippen molar-refractivity contribution in [1.82, 2.24) is 10.2 Å². The molecule has 1 atom stereocenters. The molecule has 22 heavy (non-hydrogen) atoms. The number of nitro groups is 1. The zero-order valence-corrected chi connectivity index (χ0v) is 12.9. The van der Waals surface area contributed by atoms with Gasteiger partial charge in [-0.2, -0.15) is 0 Å². The highest BCUT2D eigenvalue weighted by Crippen LogP contribution is 2.28. The Morgan fingerprint density at radius 3 is 2.68 bits per heavy atom. The summed E-state index contributed by atoms with van der Waals surface area (Å²) < 4.78 is 0. The van der Waals surface area contributed by atoms with Crippen molar-refractivity contribution in [2.24, 2.45) is 5.92 Å². The van der Waals surface area contributed by atoms with E-state index in [0.29, 0.717) is 0 Å². The lowest BCUT2D eigenvalue weighted by molar-refractivity contribution is -0.384. The summed E-state index contributed by atoms with van der Waals surface area (Å²) in [6.07, 6.45) is 2.60. The van der Waals surface area contributed by atoms with Crippen LogP contribution in [0.3, 0.4) is 0 Å². The van der Waals surface area contributed by atoms with Gasteiger partial charge in [0.15, 0.2) is 0 Å². The first-order valence-corrected chi connectivity index (χ1v) is 8.15. The number of hydrogen-bond donors (Lipinski definition) is 1. The fourth-order valence-corrected chi connectivity index (χ4v) is 3.50. The van der Waals surface area contributed by atoms with Crippen LogP contribution < -0.4 is 10.2 Å². The Morgan fingerprint density at radius 1 is 1.23 bits per heavy atom. The van der Waals surface area contributed by atoms with Crippen molar-refractivity contribution in [2.75, 3.05) is 50.7 Å². The summed E-state index contributed by atoms with van der Waals surface area (Å²) in [7, 11) is 0. The molecule has 0 aromatic heterocycles. The Kier molecular flexibility index (Phi) is 4.90. The standard InChI is InChI=1S/C16H24N4O2/c21-20(22)16-6-2-1-5-15(16)19-10-8-18(9-11-19)13-14-4-3-7-17-12-14/h1-2,5-6,14,17H,3-4,7-13H2. The zero-order valence-electron chi connectivity index (χ0n) is 12.9. The van der Waals surface area contributed by atoms with E-state index in [0.717, 1.165) is 57.4 Å². The number of anilines is 1. The van der Waals surface area contributed by atoms with Gasteiger partial charge in [-0.3, -0.25) is 15.0 Å². The number of hydrogen-bond acceptors (Lipinski definition) is 5. The van der Waals surface area contributed by atoms with E-state index in [1.807, 2.05) is 12.1 Å². The number of nitrogens with one attached hydrogen (secondary N) is 1. The van der Waals surface area contributed by atoms with Gasteiger partial charge in [-0.1, -0.05) is 12.1 Å². The van der Waals surface area contributed by atoms with E-state index in [1.165, 1.54) is 12.8 Å². The first-order chi connectivity index (χ1) is 10.7. The highest BCUT2D eigenvalue weighted by Gasteiger charge is 2.24. The predicted molar refractivity (Wildman–Crippen MR) is 87.3 cm³/mol. The average Bonchev–Trinajstić information content (AvgIpc) is 2.56. The number of rotatable bonds is 4. The molecule has 2 fully saturated rings. The summed E-state index contributed by atoms with van der Waals surface area (Å²) >= 11 is 0. The summed E-state index contributed by atoms with van der Waals surface area (Å²) in [4.78, 5) is 15.5. The quantitative estimate of drug-likeness (QED) is 0.678. The first kappa shape index (κ1) is 15.2. The Bertz CT molecular complexity index is 509. The molecule has 120 valence electrons. The molecule has 1 unspecified atom stereocenters. The molecule has 1 N–H and O–H groups in total. The second kappa shape index (κ2) is 7.07. The summed E-state index contributed by atoms with van der Waals surface area (Å²) in [5.41, 5.74) is 0.971. The second-order valence-electron chi connectivity index (χ2n) is 6.25. The van der Waals surface area contributed by atoms with Gasteiger partial charge in [-0.05, 0) is 37.9 Å². The number of benzene rings is 1. The van der Waals surface area contributed by atoms with Crippen LogP contribution in [0, 0.1) is 16.0 Å². The zero-order chi connectivity index (χ0) is 15.4. The number of para-hydroxylation sites is 2. The average molecular weight is 304 g/mol. The third-order valence-electron chi connectivity index (χ3n) is 4.71. The fraction of sp³-hybridized carbons (Fsp3) is 0.625. The van der Waals surface area contributed by atoms with Gasteiger partial charge < -0.3 is 10.2 Å². The van der Waals surface area contributed by atoms with Crippen molar-refractivity contribution in [3.05, 3.63) is 34.4 Å². The molecule has 2 saturated heterocycles. The number of piperazine rings is 1. The maximum atomic E-state index is 11.2. The summed E-state index contributed by atoms with van der Waals surface area (Å²) in [5.74, 6) is 0.756. The lowest BCUT2D eigenvalue weighted by Gasteiger charge is -2.38. The second-order valence-corrected chi connectivity index (χ2v) is 6.25. The van der Waals surface area contributed by atoms with E-state index >= 15 is 0 Å². The van der Waals surface area contributed by atoms with Crippen molar-refractivity contribution in [1.29, 1.82) is 0 Å². The molecule has 0 aliphatic carbocycles. The minimum absolute atomic E-state index is 0.215. The van der Waals surface area contributed by atoms with Crippen LogP contribution in [0.2, 0.25) is 0 Å². The molecule has 0 spiro atoms. The largest absolute Gasteiger partial charge is 0.363 e. The van der Waals surface area contributed by atoms with Crippen LogP contribution in [0.1, 0.15) is 12.8 Å². The van der Waals surface area contributed by atoms with E-state index in [4.69, 9.17) is 0 Å². The smallest absolute Gasteiger partial charge is 0.292 e. The highest BCUT2D eigenvalue weighted by atomic mass is 16.6. The molecule has 0 saturated carbocycles. The van der Waals surface area contributed by atoms with Gasteiger partial charge in [0.25, 0.3) is 5.69 Å². The predicted octanol–water partition coefficient (Wildman–Crippen LogP) is 1.72. The Morgan fingerprint density at radius 2 is 2.00 bits per heavy atom. The van der Waals surface area contributed by atoms with E-state index in [-0.39, 0.29) is 10.6 Å². The van der Waals surface area contributed by atoms with Crippen molar-refractivity contribution < 1.29 is 4.92 Å². The first-order valence-electron chi connectivity index (χ1n) is 8.15. The summed E-state index contributed by atoms with van der Waals surface area (Å²) in [6.45, 7) is 7.14. The van der Waals surface area contributed by atoms with Gasteiger partial charge in [0.2, 0.25) is 0 Å². The molecule has 6 heteroatoms. The van der Waals surface area contributed by atoms with Crippen LogP contribution in [0.4, 0.5) is 11.4 Å². The molecular formula is C16H24N4O2. The van der Waals surface area contributed by atoms with E-state index in [1.54, 1.807) is 12.1 Å². The van der Waals surface area contributed by atoms with Crippen LogP contribution in [-0.2, 0) is 0 Å². The maximum absolute atomic E-state index is 11.2. The normalized spacial score (nSPS) is 23.5. The molecule has 0 amide bonds. The summed E-state index contributed by atoms with van der Waals surface area (Å²) in [5, 5.41) is 14.6. The van der Waals surface area contributed by atoms with Gasteiger partial charge >= 0.3 is 0 Å². The van der Waals surface area contributed by atoms with Gasteiger partial charge in [-0.15, -0.1) is 0 Å². The Labute approximate surface area is 131 Å². The molecule has 1 aromatic rings. The summed E-state index contributed by atoms with van der Waals surface area (Å²) in [6, 6.07) is 7.06. The lowest BCUT2D eigenvalue weighted by atomic mass is 9.99. The minimum Gasteiger partial charge on any atom is -0.363 e. The maximum Gasteiger partial charge on any atom is 0.292 e. The monoisotopic (exact) mass is 304 g/mol. The van der Waals surface area contributed by atoms with E-state index in [9.17, 15) is 10.1 Å². The fourth-order valence-electron chi connectivity index (χ4n) is 3.50. The van der Waals surface area contributed by atoms with Crippen LogP contribution in [0.15, 0.2) is 24.3 Å². The molecule has 3 rings (SSSR count).